The van der Waals surface area contributed by atoms with Crippen LogP contribution in [0.3, 0.4) is 0 Å². The number of aliphatic carboxylic acids is 1. The van der Waals surface area contributed by atoms with Crippen LogP contribution in [0.15, 0.2) is 18.2 Å². The van der Waals surface area contributed by atoms with E-state index >= 15 is 0 Å². The van der Waals surface area contributed by atoms with Crippen LogP contribution in [-0.2, 0) is 4.79 Å². The Hall–Kier alpha value is -1.77. The topological polar surface area (TPSA) is 46.5 Å². The first kappa shape index (κ1) is 11.3. The minimum atomic E-state index is -0.942. The number of carboxylic acid groups (broad SMARTS) is 1. The highest BCUT2D eigenvalue weighted by Crippen LogP contribution is 2.23. The summed E-state index contributed by atoms with van der Waals surface area (Å²) in [5, 5.41) is 8.52. The third kappa shape index (κ3) is 2.84. The van der Waals surface area contributed by atoms with Gasteiger partial charge in [0.1, 0.15) is 5.75 Å². The first-order valence-electron chi connectivity index (χ1n) is 4.61. The van der Waals surface area contributed by atoms with Gasteiger partial charge in [0, 0.05) is 6.08 Å². The lowest BCUT2D eigenvalue weighted by Crippen LogP contribution is -1.92. The Kier molecular flexibility index (Phi) is 3.50. The lowest BCUT2D eigenvalue weighted by atomic mass is 10.0. The molecule has 0 aliphatic heterocycles. The Labute approximate surface area is 89.0 Å². The van der Waals surface area contributed by atoms with Crippen molar-refractivity contribution in [3.8, 4) is 5.75 Å². The van der Waals surface area contributed by atoms with E-state index in [-0.39, 0.29) is 0 Å². The van der Waals surface area contributed by atoms with E-state index in [4.69, 9.17) is 9.84 Å². The average molecular weight is 206 g/mol. The van der Waals surface area contributed by atoms with Gasteiger partial charge in [-0.05, 0) is 48.7 Å². The van der Waals surface area contributed by atoms with Crippen molar-refractivity contribution in [2.75, 3.05) is 7.11 Å². The molecule has 0 heterocycles. The standard InChI is InChI=1S/C12H14O3/c1-8-7-11(15-3)9(2)6-10(8)4-5-12(13)14/h4-7H,1-3H3,(H,13,14). The second-order valence-corrected chi connectivity index (χ2v) is 3.35. The second kappa shape index (κ2) is 4.64. The van der Waals surface area contributed by atoms with Crippen LogP contribution in [0.1, 0.15) is 16.7 Å². The number of carboxylic acids is 1. The molecule has 0 saturated heterocycles. The van der Waals surface area contributed by atoms with Crippen molar-refractivity contribution in [2.24, 2.45) is 0 Å². The summed E-state index contributed by atoms with van der Waals surface area (Å²) in [6.07, 6.45) is 2.72. The molecular weight excluding hydrogens is 192 g/mol. The fraction of sp³-hybridized carbons (Fsp3) is 0.250. The molecule has 1 aromatic carbocycles. The van der Waals surface area contributed by atoms with E-state index in [1.807, 2.05) is 26.0 Å². The molecule has 0 unspecified atom stereocenters. The normalized spacial score (nSPS) is 10.6. The Morgan fingerprint density at radius 1 is 1.33 bits per heavy atom. The Morgan fingerprint density at radius 3 is 2.53 bits per heavy atom. The third-order valence-corrected chi connectivity index (χ3v) is 2.19. The zero-order valence-electron chi connectivity index (χ0n) is 9.07. The van der Waals surface area contributed by atoms with Crippen molar-refractivity contribution in [1.82, 2.24) is 0 Å². The Morgan fingerprint density at radius 2 is 2.00 bits per heavy atom. The lowest BCUT2D eigenvalue weighted by molar-refractivity contribution is -0.131. The number of hydrogen-bond acceptors (Lipinski definition) is 2. The number of ether oxygens (including phenoxy) is 1. The molecular formula is C12H14O3. The highest BCUT2D eigenvalue weighted by Gasteiger charge is 2.02. The predicted molar refractivity (Wildman–Crippen MR) is 59.1 cm³/mol. The molecule has 0 atom stereocenters. The molecule has 0 amide bonds. The summed E-state index contributed by atoms with van der Waals surface area (Å²) in [5.74, 6) is -0.122. The maximum Gasteiger partial charge on any atom is 0.328 e. The van der Waals surface area contributed by atoms with Crippen LogP contribution in [0.25, 0.3) is 6.08 Å². The van der Waals surface area contributed by atoms with E-state index in [0.29, 0.717) is 0 Å². The van der Waals surface area contributed by atoms with E-state index in [9.17, 15) is 4.79 Å². The van der Waals surface area contributed by atoms with E-state index in [1.54, 1.807) is 13.2 Å². The summed E-state index contributed by atoms with van der Waals surface area (Å²) in [6.45, 7) is 3.85. The fourth-order valence-corrected chi connectivity index (χ4v) is 1.37. The summed E-state index contributed by atoms with van der Waals surface area (Å²) >= 11 is 0. The number of rotatable bonds is 3. The Balaban J connectivity index is 3.10. The second-order valence-electron chi connectivity index (χ2n) is 3.35. The molecule has 0 bridgehead atoms. The first-order valence-corrected chi connectivity index (χ1v) is 4.61. The predicted octanol–water partition coefficient (Wildman–Crippen LogP) is 2.41. The maximum absolute atomic E-state index is 10.4. The minimum absolute atomic E-state index is 0.819. The van der Waals surface area contributed by atoms with Gasteiger partial charge in [0.05, 0.1) is 7.11 Å². The van der Waals surface area contributed by atoms with Gasteiger partial charge in [-0.15, -0.1) is 0 Å². The van der Waals surface area contributed by atoms with E-state index < -0.39 is 5.97 Å². The largest absolute Gasteiger partial charge is 0.496 e. The van der Waals surface area contributed by atoms with Crippen LogP contribution in [0, 0.1) is 13.8 Å². The SMILES string of the molecule is COc1cc(C)c(C=CC(=O)O)cc1C. The van der Waals surface area contributed by atoms with Gasteiger partial charge < -0.3 is 9.84 Å². The molecule has 0 spiro atoms. The van der Waals surface area contributed by atoms with Gasteiger partial charge in [-0.3, -0.25) is 0 Å². The fourth-order valence-electron chi connectivity index (χ4n) is 1.37. The van der Waals surface area contributed by atoms with Gasteiger partial charge in [0.15, 0.2) is 0 Å². The molecule has 3 nitrogen and oxygen atoms in total. The van der Waals surface area contributed by atoms with Gasteiger partial charge in [0.25, 0.3) is 0 Å². The smallest absolute Gasteiger partial charge is 0.328 e. The van der Waals surface area contributed by atoms with Crippen molar-refractivity contribution in [2.45, 2.75) is 13.8 Å². The van der Waals surface area contributed by atoms with Crippen LogP contribution in [0.5, 0.6) is 5.75 Å². The van der Waals surface area contributed by atoms with E-state index in [2.05, 4.69) is 0 Å². The molecule has 0 aromatic heterocycles. The molecule has 0 fully saturated rings. The van der Waals surface area contributed by atoms with Crippen molar-refractivity contribution in [3.63, 3.8) is 0 Å². The third-order valence-electron chi connectivity index (χ3n) is 2.19. The van der Waals surface area contributed by atoms with Crippen molar-refractivity contribution >= 4 is 12.0 Å². The monoisotopic (exact) mass is 206 g/mol. The summed E-state index contributed by atoms with van der Waals surface area (Å²) < 4.78 is 5.17. The highest BCUT2D eigenvalue weighted by atomic mass is 16.5. The van der Waals surface area contributed by atoms with Gasteiger partial charge in [-0.25, -0.2) is 4.79 Å². The highest BCUT2D eigenvalue weighted by molar-refractivity contribution is 5.85. The van der Waals surface area contributed by atoms with Gasteiger partial charge in [-0.2, -0.15) is 0 Å². The average Bonchev–Trinajstić information content (AvgIpc) is 2.18. The number of hydrogen-bond donors (Lipinski definition) is 1. The molecule has 1 rings (SSSR count). The summed E-state index contributed by atoms with van der Waals surface area (Å²) in [7, 11) is 1.62. The zero-order valence-corrected chi connectivity index (χ0v) is 9.07. The first-order chi connectivity index (χ1) is 7.04. The van der Waals surface area contributed by atoms with Crippen molar-refractivity contribution in [3.05, 3.63) is 34.9 Å². The maximum atomic E-state index is 10.4. The number of methoxy groups -OCH3 is 1. The van der Waals surface area contributed by atoms with E-state index in [1.165, 1.54) is 0 Å². The summed E-state index contributed by atoms with van der Waals surface area (Å²) in [6, 6.07) is 3.81. The van der Waals surface area contributed by atoms with Crippen LogP contribution in [0.4, 0.5) is 0 Å². The number of aryl methyl sites for hydroxylation is 2. The van der Waals surface area contributed by atoms with Crippen LogP contribution in [0.2, 0.25) is 0 Å². The summed E-state index contributed by atoms with van der Waals surface area (Å²) in [4.78, 5) is 10.4. The molecule has 1 aromatic rings. The molecule has 1 N–H and O–H groups in total. The number of benzene rings is 1. The summed E-state index contributed by atoms with van der Waals surface area (Å²) in [5.41, 5.74) is 2.89. The van der Waals surface area contributed by atoms with Crippen LogP contribution >= 0.6 is 0 Å². The van der Waals surface area contributed by atoms with Crippen molar-refractivity contribution < 1.29 is 14.6 Å². The van der Waals surface area contributed by atoms with Gasteiger partial charge >= 0.3 is 5.97 Å². The van der Waals surface area contributed by atoms with Gasteiger partial charge in [-0.1, -0.05) is 0 Å². The molecule has 15 heavy (non-hydrogen) atoms. The minimum Gasteiger partial charge on any atom is -0.496 e. The quantitative estimate of drug-likeness (QED) is 0.772. The molecule has 3 heteroatoms. The molecule has 0 saturated carbocycles. The van der Waals surface area contributed by atoms with E-state index in [0.717, 1.165) is 28.5 Å². The molecule has 80 valence electrons. The van der Waals surface area contributed by atoms with Crippen molar-refractivity contribution in [1.29, 1.82) is 0 Å². The van der Waals surface area contributed by atoms with Gasteiger partial charge in [0.2, 0.25) is 0 Å². The Bertz CT molecular complexity index is 406. The molecule has 0 aliphatic rings. The zero-order chi connectivity index (χ0) is 11.4. The number of carbonyl (C=O) groups is 1. The molecule has 0 aliphatic carbocycles. The van der Waals surface area contributed by atoms with Crippen LogP contribution in [-0.4, -0.2) is 18.2 Å². The molecule has 0 radical (unpaired) electrons. The lowest BCUT2D eigenvalue weighted by Gasteiger charge is -2.08. The van der Waals surface area contributed by atoms with Crippen LogP contribution < -0.4 is 4.74 Å².